The molecule has 0 atom stereocenters. The number of rotatable bonds is 6. The van der Waals surface area contributed by atoms with Crippen LogP contribution in [0.2, 0.25) is 5.02 Å². The molecule has 0 saturated carbocycles. The van der Waals surface area contributed by atoms with E-state index in [1.54, 1.807) is 12.1 Å². The standard InChI is InChI=1S/C20H22ClFN4O/c21-18-5-1-17(2-6-18)14-25-9-11-26(12-10-25)15-20(27)24-23-13-16-3-7-19(22)8-4-16/h1-8,13H,9-12,14-15H2,(H,24,27). The maximum Gasteiger partial charge on any atom is 0.254 e. The first-order valence-corrected chi connectivity index (χ1v) is 9.23. The zero-order valence-corrected chi connectivity index (χ0v) is 15.7. The van der Waals surface area contributed by atoms with Gasteiger partial charge in [0.1, 0.15) is 5.82 Å². The molecular weight excluding hydrogens is 367 g/mol. The molecule has 7 heteroatoms. The van der Waals surface area contributed by atoms with E-state index in [1.165, 1.54) is 23.9 Å². The van der Waals surface area contributed by atoms with Crippen LogP contribution in [0.5, 0.6) is 0 Å². The lowest BCUT2D eigenvalue weighted by atomic mass is 10.2. The molecule has 1 amide bonds. The second kappa shape index (κ2) is 9.60. The number of halogens is 2. The molecule has 2 aromatic rings. The van der Waals surface area contributed by atoms with E-state index < -0.39 is 0 Å². The molecule has 27 heavy (non-hydrogen) atoms. The van der Waals surface area contributed by atoms with Crippen LogP contribution in [-0.4, -0.2) is 54.6 Å². The molecule has 0 aromatic heterocycles. The highest BCUT2D eigenvalue weighted by molar-refractivity contribution is 6.30. The highest BCUT2D eigenvalue weighted by Gasteiger charge is 2.18. The number of benzene rings is 2. The third kappa shape index (κ3) is 6.43. The third-order valence-corrected chi connectivity index (χ3v) is 4.68. The van der Waals surface area contributed by atoms with Crippen molar-refractivity contribution in [1.29, 1.82) is 0 Å². The average Bonchev–Trinajstić information content (AvgIpc) is 2.67. The maximum absolute atomic E-state index is 12.8. The van der Waals surface area contributed by atoms with Crippen molar-refractivity contribution >= 4 is 23.7 Å². The van der Waals surface area contributed by atoms with E-state index >= 15 is 0 Å². The van der Waals surface area contributed by atoms with Crippen molar-refractivity contribution in [3.05, 3.63) is 70.5 Å². The van der Waals surface area contributed by atoms with Gasteiger partial charge in [-0.1, -0.05) is 35.9 Å². The smallest absolute Gasteiger partial charge is 0.254 e. The van der Waals surface area contributed by atoms with E-state index in [1.807, 2.05) is 24.3 Å². The summed E-state index contributed by atoms with van der Waals surface area (Å²) in [6.07, 6.45) is 1.50. The normalized spacial score (nSPS) is 15.9. The first-order chi connectivity index (χ1) is 13.1. The Morgan fingerprint density at radius 1 is 1.04 bits per heavy atom. The molecule has 0 bridgehead atoms. The van der Waals surface area contributed by atoms with Gasteiger partial charge in [0, 0.05) is 37.7 Å². The van der Waals surface area contributed by atoms with Crippen molar-refractivity contribution in [2.45, 2.75) is 6.54 Å². The number of hydrazone groups is 1. The largest absolute Gasteiger partial charge is 0.297 e. The molecule has 3 rings (SSSR count). The zero-order valence-electron chi connectivity index (χ0n) is 14.9. The topological polar surface area (TPSA) is 47.9 Å². The van der Waals surface area contributed by atoms with Gasteiger partial charge in [0.25, 0.3) is 5.91 Å². The lowest BCUT2D eigenvalue weighted by Gasteiger charge is -2.34. The Hall–Kier alpha value is -2.28. The summed E-state index contributed by atoms with van der Waals surface area (Å²) in [6, 6.07) is 13.8. The predicted octanol–water partition coefficient (Wildman–Crippen LogP) is 2.75. The monoisotopic (exact) mass is 388 g/mol. The molecule has 1 aliphatic heterocycles. The summed E-state index contributed by atoms with van der Waals surface area (Å²) in [5, 5.41) is 4.67. The Morgan fingerprint density at radius 3 is 2.33 bits per heavy atom. The third-order valence-electron chi connectivity index (χ3n) is 4.42. The van der Waals surface area contributed by atoms with Gasteiger partial charge >= 0.3 is 0 Å². The Morgan fingerprint density at radius 2 is 1.67 bits per heavy atom. The molecule has 1 fully saturated rings. The summed E-state index contributed by atoms with van der Waals surface area (Å²) in [4.78, 5) is 16.5. The van der Waals surface area contributed by atoms with Gasteiger partial charge in [-0.25, -0.2) is 9.82 Å². The Bertz CT molecular complexity index is 772. The number of amides is 1. The van der Waals surface area contributed by atoms with Crippen molar-refractivity contribution in [3.63, 3.8) is 0 Å². The van der Waals surface area contributed by atoms with Gasteiger partial charge in [-0.05, 0) is 35.4 Å². The second-order valence-electron chi connectivity index (χ2n) is 6.52. The summed E-state index contributed by atoms with van der Waals surface area (Å²) in [5.74, 6) is -0.453. The van der Waals surface area contributed by atoms with Crippen LogP contribution in [0.3, 0.4) is 0 Å². The lowest BCUT2D eigenvalue weighted by molar-refractivity contribution is -0.122. The number of hydrogen-bond donors (Lipinski definition) is 1. The van der Waals surface area contributed by atoms with Crippen molar-refractivity contribution < 1.29 is 9.18 Å². The number of carbonyl (C=O) groups excluding carboxylic acids is 1. The molecule has 1 saturated heterocycles. The van der Waals surface area contributed by atoms with Gasteiger partial charge in [-0.3, -0.25) is 14.6 Å². The fourth-order valence-corrected chi connectivity index (χ4v) is 3.05. The first kappa shape index (κ1) is 19.5. The van der Waals surface area contributed by atoms with Gasteiger partial charge in [-0.15, -0.1) is 0 Å². The SMILES string of the molecule is O=C(CN1CCN(Cc2ccc(Cl)cc2)CC1)NN=Cc1ccc(F)cc1. The fraction of sp³-hybridized carbons (Fsp3) is 0.300. The molecule has 2 aromatic carbocycles. The molecule has 0 aliphatic carbocycles. The quantitative estimate of drug-likeness (QED) is 0.611. The molecule has 0 radical (unpaired) electrons. The van der Waals surface area contributed by atoms with Crippen molar-refractivity contribution in [2.75, 3.05) is 32.7 Å². The summed E-state index contributed by atoms with van der Waals surface area (Å²) in [6.45, 7) is 4.70. The molecule has 1 heterocycles. The number of hydrogen-bond acceptors (Lipinski definition) is 4. The fourth-order valence-electron chi connectivity index (χ4n) is 2.92. The Labute approximate surface area is 163 Å². The van der Waals surface area contributed by atoms with E-state index in [4.69, 9.17) is 11.6 Å². The second-order valence-corrected chi connectivity index (χ2v) is 6.96. The van der Waals surface area contributed by atoms with Gasteiger partial charge in [0.05, 0.1) is 12.8 Å². The van der Waals surface area contributed by atoms with Crippen LogP contribution >= 0.6 is 11.6 Å². The summed E-state index contributed by atoms with van der Waals surface area (Å²) < 4.78 is 12.8. The van der Waals surface area contributed by atoms with E-state index in [2.05, 4.69) is 20.3 Å². The molecule has 1 aliphatic rings. The van der Waals surface area contributed by atoms with Gasteiger partial charge in [-0.2, -0.15) is 5.10 Å². The minimum Gasteiger partial charge on any atom is -0.297 e. The van der Waals surface area contributed by atoms with Crippen molar-refractivity contribution in [2.24, 2.45) is 5.10 Å². The molecular formula is C20H22ClFN4O. The van der Waals surface area contributed by atoms with Gasteiger partial charge in [0.2, 0.25) is 0 Å². The minimum absolute atomic E-state index is 0.153. The summed E-state index contributed by atoms with van der Waals surface area (Å²) >= 11 is 5.92. The predicted molar refractivity (Wildman–Crippen MR) is 105 cm³/mol. The van der Waals surface area contributed by atoms with Gasteiger partial charge < -0.3 is 0 Å². The van der Waals surface area contributed by atoms with E-state index in [-0.39, 0.29) is 11.7 Å². The lowest BCUT2D eigenvalue weighted by Crippen LogP contribution is -2.48. The Balaban J connectivity index is 1.37. The van der Waals surface area contributed by atoms with Crippen LogP contribution in [0.1, 0.15) is 11.1 Å². The van der Waals surface area contributed by atoms with Crippen molar-refractivity contribution in [3.8, 4) is 0 Å². The van der Waals surface area contributed by atoms with Crippen LogP contribution in [0, 0.1) is 5.82 Å². The van der Waals surface area contributed by atoms with Gasteiger partial charge in [0.15, 0.2) is 0 Å². The van der Waals surface area contributed by atoms with Crippen LogP contribution in [0.15, 0.2) is 53.6 Å². The molecule has 142 valence electrons. The summed E-state index contributed by atoms with van der Waals surface area (Å²) in [5.41, 5.74) is 4.48. The molecule has 5 nitrogen and oxygen atoms in total. The number of nitrogens with one attached hydrogen (secondary N) is 1. The van der Waals surface area contributed by atoms with E-state index in [0.717, 1.165) is 43.3 Å². The highest BCUT2D eigenvalue weighted by atomic mass is 35.5. The van der Waals surface area contributed by atoms with Crippen LogP contribution in [0.25, 0.3) is 0 Å². The van der Waals surface area contributed by atoms with Crippen LogP contribution in [0.4, 0.5) is 4.39 Å². The summed E-state index contributed by atoms with van der Waals surface area (Å²) in [7, 11) is 0. The molecule has 0 unspecified atom stereocenters. The Kier molecular flexibility index (Phi) is 6.92. The average molecular weight is 389 g/mol. The van der Waals surface area contributed by atoms with Crippen molar-refractivity contribution in [1.82, 2.24) is 15.2 Å². The highest BCUT2D eigenvalue weighted by Crippen LogP contribution is 2.12. The molecule has 0 spiro atoms. The van der Waals surface area contributed by atoms with E-state index in [0.29, 0.717) is 6.54 Å². The van der Waals surface area contributed by atoms with Crippen LogP contribution < -0.4 is 5.43 Å². The number of nitrogens with zero attached hydrogens (tertiary/aromatic N) is 3. The maximum atomic E-state index is 12.8. The number of piperazine rings is 1. The minimum atomic E-state index is -0.300. The van der Waals surface area contributed by atoms with E-state index in [9.17, 15) is 9.18 Å². The van der Waals surface area contributed by atoms with Crippen LogP contribution in [-0.2, 0) is 11.3 Å². The molecule has 1 N–H and O–H groups in total. The first-order valence-electron chi connectivity index (χ1n) is 8.85. The number of carbonyl (C=O) groups is 1. The zero-order chi connectivity index (χ0) is 19.1.